The van der Waals surface area contributed by atoms with E-state index in [1.165, 1.54) is 12.1 Å². The molecule has 1 aliphatic rings. The molecular weight excluding hydrogens is 413 g/mol. The number of carbonyl (C=O) groups excluding carboxylic acids is 1. The summed E-state index contributed by atoms with van der Waals surface area (Å²) in [5.41, 5.74) is 0.967. The van der Waals surface area contributed by atoms with Crippen LogP contribution in [0.4, 0.5) is 10.3 Å². The number of halogens is 1. The van der Waals surface area contributed by atoms with Gasteiger partial charge in [-0.1, -0.05) is 12.1 Å². The van der Waals surface area contributed by atoms with Crippen LogP contribution in [0.5, 0.6) is 0 Å². The van der Waals surface area contributed by atoms with Crippen molar-refractivity contribution in [1.29, 1.82) is 0 Å². The van der Waals surface area contributed by atoms with Gasteiger partial charge in [-0.15, -0.1) is 11.3 Å². The molecule has 1 amide bonds. The molecule has 0 unspecified atom stereocenters. The number of benzene rings is 1. The van der Waals surface area contributed by atoms with Gasteiger partial charge in [0.25, 0.3) is 0 Å². The highest BCUT2D eigenvalue weighted by atomic mass is 32.1. The summed E-state index contributed by atoms with van der Waals surface area (Å²) in [6, 6.07) is 12.2. The summed E-state index contributed by atoms with van der Waals surface area (Å²) >= 11 is 1.57. The van der Waals surface area contributed by atoms with E-state index >= 15 is 0 Å². The number of amides is 1. The van der Waals surface area contributed by atoms with E-state index in [0.29, 0.717) is 6.54 Å². The Hall–Kier alpha value is -3.10. The van der Waals surface area contributed by atoms with Gasteiger partial charge in [0.2, 0.25) is 11.9 Å². The molecule has 2 aromatic heterocycles. The highest BCUT2D eigenvalue weighted by molar-refractivity contribution is 7.16. The molecule has 0 radical (unpaired) electrons. The van der Waals surface area contributed by atoms with Gasteiger partial charge < -0.3 is 10.2 Å². The third-order valence-corrected chi connectivity index (χ3v) is 6.19. The van der Waals surface area contributed by atoms with Crippen LogP contribution in [0.1, 0.15) is 4.88 Å². The van der Waals surface area contributed by atoms with Gasteiger partial charge in [0.1, 0.15) is 5.82 Å². The van der Waals surface area contributed by atoms with Crippen molar-refractivity contribution in [1.82, 2.24) is 20.2 Å². The summed E-state index contributed by atoms with van der Waals surface area (Å²) in [6.45, 7) is 5.03. The first-order valence-corrected chi connectivity index (χ1v) is 11.0. The van der Waals surface area contributed by atoms with Gasteiger partial charge in [0.05, 0.1) is 0 Å². The molecule has 1 aliphatic heterocycles. The number of carbonyl (C=O) groups is 1. The van der Waals surface area contributed by atoms with E-state index < -0.39 is 0 Å². The van der Waals surface area contributed by atoms with Crippen LogP contribution in [0.3, 0.4) is 0 Å². The molecule has 3 aromatic rings. The number of anilines is 1. The van der Waals surface area contributed by atoms with Crippen LogP contribution in [0.15, 0.2) is 60.9 Å². The lowest BCUT2D eigenvalue weighted by Crippen LogP contribution is -2.48. The van der Waals surface area contributed by atoms with Crippen molar-refractivity contribution in [3.05, 3.63) is 71.6 Å². The minimum atomic E-state index is -0.246. The molecule has 31 heavy (non-hydrogen) atoms. The third-order valence-electron chi connectivity index (χ3n) is 5.09. The Morgan fingerprint density at radius 3 is 2.55 bits per heavy atom. The van der Waals surface area contributed by atoms with Crippen molar-refractivity contribution >= 4 is 29.3 Å². The van der Waals surface area contributed by atoms with Crippen molar-refractivity contribution in [3.8, 4) is 10.4 Å². The Bertz CT molecular complexity index is 1010. The molecule has 6 nitrogen and oxygen atoms in total. The van der Waals surface area contributed by atoms with Crippen molar-refractivity contribution in [3.63, 3.8) is 0 Å². The Morgan fingerprint density at radius 2 is 1.81 bits per heavy atom. The Labute approximate surface area is 185 Å². The van der Waals surface area contributed by atoms with E-state index in [-0.39, 0.29) is 11.7 Å². The molecule has 1 aromatic carbocycles. The number of piperazine rings is 1. The van der Waals surface area contributed by atoms with Crippen LogP contribution < -0.4 is 10.2 Å². The molecule has 0 atom stereocenters. The highest BCUT2D eigenvalue weighted by Crippen LogP contribution is 2.28. The zero-order chi connectivity index (χ0) is 21.5. The summed E-state index contributed by atoms with van der Waals surface area (Å²) < 4.78 is 13.1. The molecule has 0 spiro atoms. The number of rotatable bonds is 7. The molecule has 0 saturated carbocycles. The van der Waals surface area contributed by atoms with Crippen molar-refractivity contribution in [2.24, 2.45) is 0 Å². The third kappa shape index (κ3) is 5.96. The van der Waals surface area contributed by atoms with Crippen LogP contribution in [0.2, 0.25) is 0 Å². The lowest BCUT2D eigenvalue weighted by molar-refractivity contribution is -0.116. The number of nitrogens with one attached hydrogen (secondary N) is 1. The van der Waals surface area contributed by atoms with Crippen molar-refractivity contribution in [2.75, 3.05) is 44.2 Å². The van der Waals surface area contributed by atoms with Crippen LogP contribution in [-0.2, 0) is 4.79 Å². The lowest BCUT2D eigenvalue weighted by Gasteiger charge is -2.34. The summed E-state index contributed by atoms with van der Waals surface area (Å²) in [6.07, 6.45) is 6.89. The highest BCUT2D eigenvalue weighted by Gasteiger charge is 2.18. The van der Waals surface area contributed by atoms with Gasteiger partial charge in [0.15, 0.2) is 0 Å². The number of thiophene rings is 1. The van der Waals surface area contributed by atoms with Crippen LogP contribution >= 0.6 is 11.3 Å². The molecule has 3 heterocycles. The molecule has 1 N–H and O–H groups in total. The zero-order valence-corrected chi connectivity index (χ0v) is 17.9. The van der Waals surface area contributed by atoms with Crippen LogP contribution in [0.25, 0.3) is 16.5 Å². The fourth-order valence-electron chi connectivity index (χ4n) is 3.39. The Balaban J connectivity index is 1.18. The maximum Gasteiger partial charge on any atom is 0.244 e. The SMILES string of the molecule is O=C(C=Cc1ccc(-c2ccc(F)cc2)s1)NCCN1CCN(c2ncccn2)CC1. The topological polar surface area (TPSA) is 61.4 Å². The summed E-state index contributed by atoms with van der Waals surface area (Å²) in [5, 5.41) is 2.95. The second-order valence-corrected chi connectivity index (χ2v) is 8.33. The molecule has 4 rings (SSSR count). The number of aromatic nitrogens is 2. The molecule has 160 valence electrons. The van der Waals surface area contributed by atoms with E-state index in [2.05, 4.69) is 25.1 Å². The van der Waals surface area contributed by atoms with Crippen molar-refractivity contribution < 1.29 is 9.18 Å². The summed E-state index contributed by atoms with van der Waals surface area (Å²) in [7, 11) is 0. The zero-order valence-electron chi connectivity index (χ0n) is 17.1. The predicted octanol–water partition coefficient (Wildman–Crippen LogP) is 3.30. The van der Waals surface area contributed by atoms with Crippen LogP contribution in [-0.4, -0.2) is 60.0 Å². The first-order chi connectivity index (χ1) is 15.2. The van der Waals surface area contributed by atoms with E-state index in [1.807, 2.05) is 24.3 Å². The number of nitrogens with zero attached hydrogens (tertiary/aromatic N) is 4. The van der Waals surface area contributed by atoms with Crippen LogP contribution in [0, 0.1) is 5.82 Å². The fourth-order valence-corrected chi connectivity index (χ4v) is 4.31. The average Bonchev–Trinajstić information content (AvgIpc) is 3.28. The maximum absolute atomic E-state index is 13.1. The minimum Gasteiger partial charge on any atom is -0.351 e. The predicted molar refractivity (Wildman–Crippen MR) is 122 cm³/mol. The molecule has 0 aliphatic carbocycles. The van der Waals surface area contributed by atoms with Gasteiger partial charge in [-0.3, -0.25) is 9.69 Å². The van der Waals surface area contributed by atoms with Gasteiger partial charge in [0, 0.05) is 67.5 Å². The number of hydrogen-bond acceptors (Lipinski definition) is 6. The molecule has 1 fully saturated rings. The normalized spacial score (nSPS) is 14.8. The largest absolute Gasteiger partial charge is 0.351 e. The van der Waals surface area contributed by atoms with Gasteiger partial charge in [-0.2, -0.15) is 0 Å². The molecule has 8 heteroatoms. The molecular formula is C23H24FN5OS. The minimum absolute atomic E-state index is 0.104. The summed E-state index contributed by atoms with van der Waals surface area (Å²) in [5.74, 6) is 0.425. The fraction of sp³-hybridized carbons (Fsp3) is 0.261. The summed E-state index contributed by atoms with van der Waals surface area (Å²) in [4.78, 5) is 27.3. The standard InChI is InChI=1S/C23H24FN5OS/c24-19-4-2-18(3-5-19)21-8-6-20(31-21)7-9-22(30)25-12-13-28-14-16-29(17-15-28)23-26-10-1-11-27-23/h1-11H,12-17H2,(H,25,30). The molecule has 0 bridgehead atoms. The Morgan fingerprint density at radius 1 is 1.06 bits per heavy atom. The smallest absolute Gasteiger partial charge is 0.244 e. The van der Waals surface area contributed by atoms with E-state index in [0.717, 1.165) is 54.0 Å². The van der Waals surface area contributed by atoms with Gasteiger partial charge in [-0.05, 0) is 42.0 Å². The average molecular weight is 438 g/mol. The second kappa shape index (κ2) is 10.3. The first kappa shape index (κ1) is 21.1. The van der Waals surface area contributed by atoms with E-state index in [9.17, 15) is 9.18 Å². The maximum atomic E-state index is 13.1. The lowest BCUT2D eigenvalue weighted by atomic mass is 10.2. The first-order valence-electron chi connectivity index (χ1n) is 10.2. The van der Waals surface area contributed by atoms with Gasteiger partial charge >= 0.3 is 0 Å². The van der Waals surface area contributed by atoms with E-state index in [1.54, 1.807) is 41.9 Å². The van der Waals surface area contributed by atoms with E-state index in [4.69, 9.17) is 0 Å². The monoisotopic (exact) mass is 437 g/mol. The molecule has 1 saturated heterocycles. The Kier molecular flexibility index (Phi) is 7.01. The van der Waals surface area contributed by atoms with Crippen molar-refractivity contribution in [2.45, 2.75) is 0 Å². The van der Waals surface area contributed by atoms with Gasteiger partial charge in [-0.25, -0.2) is 14.4 Å². The quantitative estimate of drug-likeness (QED) is 0.575. The second-order valence-electron chi connectivity index (χ2n) is 7.21. The number of hydrogen-bond donors (Lipinski definition) is 1.